The Hall–Kier alpha value is -1.71. The predicted octanol–water partition coefficient (Wildman–Crippen LogP) is 2.49. The van der Waals surface area contributed by atoms with Gasteiger partial charge in [-0.3, -0.25) is 0 Å². The minimum absolute atomic E-state index is 0.226. The van der Waals surface area contributed by atoms with Gasteiger partial charge in [0.1, 0.15) is 5.82 Å². The average molecular weight is 192 g/mol. The molecule has 1 heterocycles. The molecule has 0 atom stereocenters. The molecule has 2 rings (SSSR count). The Kier molecular flexibility index (Phi) is 2.04. The molecule has 0 N–H and O–H groups in total. The highest BCUT2D eigenvalue weighted by atomic mass is 19.1. The largest absolute Gasteiger partial charge is 0.334 e. The summed E-state index contributed by atoms with van der Waals surface area (Å²) in [5.41, 5.74) is 1.31. The first-order valence-corrected chi connectivity index (χ1v) is 4.23. The molecule has 0 amide bonds. The molecule has 1 aromatic carbocycles. The molecule has 0 fully saturated rings. The van der Waals surface area contributed by atoms with Crippen LogP contribution >= 0.6 is 0 Å². The summed E-state index contributed by atoms with van der Waals surface area (Å²) in [5.74, 6) is 0.379. The van der Waals surface area contributed by atoms with Crippen molar-refractivity contribution in [3.05, 3.63) is 35.4 Å². The lowest BCUT2D eigenvalue weighted by atomic mass is 10.1. The second-order valence-corrected chi connectivity index (χ2v) is 3.13. The molecule has 0 saturated carbocycles. The topological polar surface area (TPSA) is 38.9 Å². The van der Waals surface area contributed by atoms with Crippen LogP contribution in [0.15, 0.2) is 22.7 Å². The predicted molar refractivity (Wildman–Crippen MR) is 49.2 cm³/mol. The van der Waals surface area contributed by atoms with Crippen LogP contribution in [0.2, 0.25) is 0 Å². The van der Waals surface area contributed by atoms with E-state index in [1.165, 1.54) is 6.07 Å². The summed E-state index contributed by atoms with van der Waals surface area (Å²) < 4.78 is 18.2. The zero-order chi connectivity index (χ0) is 10.1. The molecule has 0 unspecified atom stereocenters. The summed E-state index contributed by atoms with van der Waals surface area (Å²) in [6, 6.07) is 4.77. The molecular formula is C10H9FN2O. The molecule has 0 saturated heterocycles. The van der Waals surface area contributed by atoms with Gasteiger partial charge >= 0.3 is 0 Å². The number of rotatable bonds is 1. The van der Waals surface area contributed by atoms with Gasteiger partial charge in [0.15, 0.2) is 5.82 Å². The maximum absolute atomic E-state index is 13.3. The van der Waals surface area contributed by atoms with Gasteiger partial charge in [-0.15, -0.1) is 0 Å². The summed E-state index contributed by atoms with van der Waals surface area (Å²) in [5, 5.41) is 3.61. The van der Waals surface area contributed by atoms with Crippen LogP contribution in [0.25, 0.3) is 11.5 Å². The monoisotopic (exact) mass is 192 g/mol. The van der Waals surface area contributed by atoms with Crippen LogP contribution in [0.1, 0.15) is 11.4 Å². The van der Waals surface area contributed by atoms with Crippen LogP contribution in [0.4, 0.5) is 4.39 Å². The van der Waals surface area contributed by atoms with Crippen LogP contribution in [0.5, 0.6) is 0 Å². The summed E-state index contributed by atoms with van der Waals surface area (Å²) in [6.45, 7) is 3.58. The number of hydrogen-bond acceptors (Lipinski definition) is 3. The van der Waals surface area contributed by atoms with Crippen molar-refractivity contribution in [3.8, 4) is 11.5 Å². The Morgan fingerprint density at radius 1 is 1.29 bits per heavy atom. The first-order chi connectivity index (χ1) is 6.66. The zero-order valence-electron chi connectivity index (χ0n) is 7.91. The summed E-state index contributed by atoms with van der Waals surface area (Å²) >= 11 is 0. The molecule has 1 aromatic heterocycles. The van der Waals surface area contributed by atoms with Crippen molar-refractivity contribution in [2.75, 3.05) is 0 Å². The van der Waals surface area contributed by atoms with E-state index in [-0.39, 0.29) is 11.7 Å². The Morgan fingerprint density at radius 3 is 2.71 bits per heavy atom. The molecule has 14 heavy (non-hydrogen) atoms. The van der Waals surface area contributed by atoms with Gasteiger partial charge in [0.05, 0.1) is 5.56 Å². The fourth-order valence-corrected chi connectivity index (χ4v) is 1.21. The average Bonchev–Trinajstić information content (AvgIpc) is 2.56. The van der Waals surface area contributed by atoms with Crippen molar-refractivity contribution < 1.29 is 8.91 Å². The summed E-state index contributed by atoms with van der Waals surface area (Å²) in [4.78, 5) is 3.97. The fourth-order valence-electron chi connectivity index (χ4n) is 1.21. The van der Waals surface area contributed by atoms with Crippen molar-refractivity contribution in [1.29, 1.82) is 0 Å². The lowest BCUT2D eigenvalue weighted by molar-refractivity contribution is 0.423. The third-order valence-electron chi connectivity index (χ3n) is 1.88. The zero-order valence-corrected chi connectivity index (χ0v) is 7.91. The molecule has 2 aromatic rings. The number of aromatic nitrogens is 2. The molecule has 0 spiro atoms. The van der Waals surface area contributed by atoms with Gasteiger partial charge in [0, 0.05) is 0 Å². The first kappa shape index (κ1) is 8.87. The van der Waals surface area contributed by atoms with Gasteiger partial charge in [0.25, 0.3) is 5.89 Å². The van der Waals surface area contributed by atoms with Crippen molar-refractivity contribution in [1.82, 2.24) is 10.1 Å². The normalized spacial score (nSPS) is 10.5. The van der Waals surface area contributed by atoms with E-state index in [0.717, 1.165) is 5.56 Å². The van der Waals surface area contributed by atoms with E-state index in [2.05, 4.69) is 10.1 Å². The Morgan fingerprint density at radius 2 is 2.07 bits per heavy atom. The van der Waals surface area contributed by atoms with Gasteiger partial charge in [-0.1, -0.05) is 16.8 Å². The molecule has 0 aliphatic heterocycles. The minimum Gasteiger partial charge on any atom is -0.334 e. The SMILES string of the molecule is Cc1ccc(F)c(-c2nc(C)no2)c1. The molecule has 0 aliphatic carbocycles. The maximum Gasteiger partial charge on any atom is 0.260 e. The van der Waals surface area contributed by atoms with Gasteiger partial charge < -0.3 is 4.52 Å². The number of aryl methyl sites for hydroxylation is 2. The molecule has 72 valence electrons. The van der Waals surface area contributed by atoms with E-state index in [9.17, 15) is 4.39 Å². The van der Waals surface area contributed by atoms with E-state index in [4.69, 9.17) is 4.52 Å². The second kappa shape index (κ2) is 3.21. The molecular weight excluding hydrogens is 183 g/mol. The van der Waals surface area contributed by atoms with Crippen LogP contribution in [0, 0.1) is 19.7 Å². The lowest BCUT2D eigenvalue weighted by Crippen LogP contribution is -1.85. The quantitative estimate of drug-likeness (QED) is 0.696. The fraction of sp³-hybridized carbons (Fsp3) is 0.200. The highest BCUT2D eigenvalue weighted by Gasteiger charge is 2.11. The van der Waals surface area contributed by atoms with Gasteiger partial charge in [-0.25, -0.2) is 4.39 Å². The number of benzene rings is 1. The van der Waals surface area contributed by atoms with Crippen molar-refractivity contribution in [2.45, 2.75) is 13.8 Å². The van der Waals surface area contributed by atoms with E-state index >= 15 is 0 Å². The second-order valence-electron chi connectivity index (χ2n) is 3.13. The molecule has 4 heteroatoms. The lowest BCUT2D eigenvalue weighted by Gasteiger charge is -1.98. The summed E-state index contributed by atoms with van der Waals surface area (Å²) in [7, 11) is 0. The van der Waals surface area contributed by atoms with Gasteiger partial charge in [-0.05, 0) is 26.0 Å². The molecule has 0 radical (unpaired) electrons. The smallest absolute Gasteiger partial charge is 0.260 e. The van der Waals surface area contributed by atoms with Crippen LogP contribution in [-0.4, -0.2) is 10.1 Å². The standard InChI is InChI=1S/C10H9FN2O/c1-6-3-4-9(11)8(5-6)10-12-7(2)13-14-10/h3-5H,1-2H3. The van der Waals surface area contributed by atoms with Crippen LogP contribution in [0.3, 0.4) is 0 Å². The van der Waals surface area contributed by atoms with E-state index < -0.39 is 0 Å². The Labute approximate surface area is 80.6 Å². The highest BCUT2D eigenvalue weighted by Crippen LogP contribution is 2.21. The number of hydrogen-bond donors (Lipinski definition) is 0. The van der Waals surface area contributed by atoms with Crippen LogP contribution in [-0.2, 0) is 0 Å². The third kappa shape index (κ3) is 1.51. The molecule has 3 nitrogen and oxygen atoms in total. The third-order valence-corrected chi connectivity index (χ3v) is 1.88. The van der Waals surface area contributed by atoms with Gasteiger partial charge in [0.2, 0.25) is 0 Å². The van der Waals surface area contributed by atoms with Gasteiger partial charge in [-0.2, -0.15) is 4.98 Å². The number of halogens is 1. The van der Waals surface area contributed by atoms with Crippen LogP contribution < -0.4 is 0 Å². The van der Waals surface area contributed by atoms with Crippen molar-refractivity contribution >= 4 is 0 Å². The van der Waals surface area contributed by atoms with Crippen molar-refractivity contribution in [2.24, 2.45) is 0 Å². The van der Waals surface area contributed by atoms with E-state index in [1.54, 1.807) is 19.1 Å². The Balaban J connectivity index is 2.55. The Bertz CT molecular complexity index is 465. The summed E-state index contributed by atoms with van der Waals surface area (Å²) in [6.07, 6.45) is 0. The van der Waals surface area contributed by atoms with Crippen molar-refractivity contribution in [3.63, 3.8) is 0 Å². The van der Waals surface area contributed by atoms with E-state index in [1.807, 2.05) is 6.92 Å². The van der Waals surface area contributed by atoms with E-state index in [0.29, 0.717) is 11.4 Å². The number of nitrogens with zero attached hydrogens (tertiary/aromatic N) is 2. The highest BCUT2D eigenvalue weighted by molar-refractivity contribution is 5.54. The minimum atomic E-state index is -0.348. The molecule has 0 bridgehead atoms. The first-order valence-electron chi connectivity index (χ1n) is 4.23. The molecule has 0 aliphatic rings. The maximum atomic E-state index is 13.3.